The molecule has 1 saturated heterocycles. The molecule has 0 radical (unpaired) electrons. The second-order valence-corrected chi connectivity index (χ2v) is 6.83. The van der Waals surface area contributed by atoms with Crippen molar-refractivity contribution in [1.82, 2.24) is 9.62 Å². The smallest absolute Gasteiger partial charge is 0.211 e. The first kappa shape index (κ1) is 16.8. The molecule has 0 unspecified atom stereocenters. The fourth-order valence-electron chi connectivity index (χ4n) is 2.13. The first-order valence-electron chi connectivity index (χ1n) is 6.79. The number of hydrogen-bond donors (Lipinski definition) is 1. The van der Waals surface area contributed by atoms with Crippen molar-refractivity contribution in [2.45, 2.75) is 25.3 Å². The summed E-state index contributed by atoms with van der Waals surface area (Å²) in [5.41, 5.74) is 0. The normalized spacial score (nSPS) is 18.8. The van der Waals surface area contributed by atoms with Crippen LogP contribution in [0.25, 0.3) is 0 Å². The summed E-state index contributed by atoms with van der Waals surface area (Å²) in [5, 5.41) is 3.41. The average molecular weight is 294 g/mol. The van der Waals surface area contributed by atoms with Crippen molar-refractivity contribution in [2.75, 3.05) is 52.8 Å². The van der Waals surface area contributed by atoms with Crippen LogP contribution in [0.5, 0.6) is 0 Å². The number of nitrogens with zero attached hydrogens (tertiary/aromatic N) is 1. The van der Waals surface area contributed by atoms with Crippen molar-refractivity contribution < 1.29 is 17.9 Å². The molecule has 0 aliphatic carbocycles. The second kappa shape index (κ2) is 8.86. The van der Waals surface area contributed by atoms with E-state index in [-0.39, 0.29) is 0 Å². The van der Waals surface area contributed by atoms with Gasteiger partial charge in [-0.25, -0.2) is 12.7 Å². The maximum Gasteiger partial charge on any atom is 0.211 e. The third kappa shape index (κ3) is 7.22. The Balaban J connectivity index is 2.01. The molecule has 6 nitrogen and oxygen atoms in total. The van der Waals surface area contributed by atoms with Crippen LogP contribution >= 0.6 is 0 Å². The van der Waals surface area contributed by atoms with Crippen LogP contribution in [0.15, 0.2) is 0 Å². The zero-order valence-corrected chi connectivity index (χ0v) is 12.7. The van der Waals surface area contributed by atoms with Crippen molar-refractivity contribution in [3.63, 3.8) is 0 Å². The number of ether oxygens (including phenoxy) is 2. The molecule has 1 N–H and O–H groups in total. The lowest BCUT2D eigenvalue weighted by molar-refractivity contribution is 0.102. The highest BCUT2D eigenvalue weighted by molar-refractivity contribution is 7.88. The maximum atomic E-state index is 11.4. The lowest BCUT2D eigenvalue weighted by Crippen LogP contribution is -2.45. The summed E-state index contributed by atoms with van der Waals surface area (Å²) >= 11 is 0. The van der Waals surface area contributed by atoms with Crippen LogP contribution in [0.2, 0.25) is 0 Å². The molecule has 1 fully saturated rings. The van der Waals surface area contributed by atoms with E-state index in [1.807, 2.05) is 0 Å². The molecule has 0 aromatic carbocycles. The molecule has 0 bridgehead atoms. The van der Waals surface area contributed by atoms with Crippen molar-refractivity contribution in [3.8, 4) is 0 Å². The summed E-state index contributed by atoms with van der Waals surface area (Å²) in [4.78, 5) is 0. The van der Waals surface area contributed by atoms with Crippen LogP contribution in [-0.4, -0.2) is 71.6 Å². The van der Waals surface area contributed by atoms with Crippen LogP contribution in [-0.2, 0) is 19.5 Å². The molecule has 1 aliphatic rings. The van der Waals surface area contributed by atoms with Gasteiger partial charge in [0.25, 0.3) is 0 Å². The number of piperidine rings is 1. The summed E-state index contributed by atoms with van der Waals surface area (Å²) < 4.78 is 34.6. The second-order valence-electron chi connectivity index (χ2n) is 4.85. The molecular formula is C12H26N2O4S. The molecule has 1 rings (SSSR count). The molecule has 19 heavy (non-hydrogen) atoms. The Bertz CT molecular complexity index is 327. The van der Waals surface area contributed by atoms with Gasteiger partial charge in [0, 0.05) is 46.0 Å². The van der Waals surface area contributed by atoms with Gasteiger partial charge in [-0.2, -0.15) is 0 Å². The molecule has 7 heteroatoms. The lowest BCUT2D eigenvalue weighted by Gasteiger charge is -2.30. The molecule has 1 aliphatic heterocycles. The maximum absolute atomic E-state index is 11.4. The Hall–Kier alpha value is -0.210. The highest BCUT2D eigenvalue weighted by Gasteiger charge is 2.24. The SMILES string of the molecule is COCCCOCCNC1CCN(S(C)(=O)=O)CC1. The fraction of sp³-hybridized carbons (Fsp3) is 1.00. The predicted octanol–water partition coefficient (Wildman–Crippen LogP) is 0.0531. The molecule has 0 saturated carbocycles. The van der Waals surface area contributed by atoms with E-state index in [0.717, 1.165) is 39.0 Å². The minimum absolute atomic E-state index is 0.403. The first-order valence-corrected chi connectivity index (χ1v) is 8.64. The monoisotopic (exact) mass is 294 g/mol. The van der Waals surface area contributed by atoms with Crippen LogP contribution in [0.3, 0.4) is 0 Å². The van der Waals surface area contributed by atoms with Crippen molar-refractivity contribution in [1.29, 1.82) is 0 Å². The van der Waals surface area contributed by atoms with Crippen LogP contribution in [0, 0.1) is 0 Å². The van der Waals surface area contributed by atoms with E-state index in [1.54, 1.807) is 11.4 Å². The lowest BCUT2D eigenvalue weighted by atomic mass is 10.1. The van der Waals surface area contributed by atoms with Gasteiger partial charge >= 0.3 is 0 Å². The Morgan fingerprint density at radius 1 is 1.21 bits per heavy atom. The molecule has 0 spiro atoms. The van der Waals surface area contributed by atoms with E-state index in [4.69, 9.17) is 9.47 Å². The topological polar surface area (TPSA) is 67.9 Å². The van der Waals surface area contributed by atoms with Crippen LogP contribution in [0.4, 0.5) is 0 Å². The Morgan fingerprint density at radius 3 is 2.47 bits per heavy atom. The van der Waals surface area contributed by atoms with Gasteiger partial charge in [0.05, 0.1) is 12.9 Å². The van der Waals surface area contributed by atoms with E-state index in [2.05, 4.69) is 5.32 Å². The molecule has 0 atom stereocenters. The van der Waals surface area contributed by atoms with Gasteiger partial charge in [0.15, 0.2) is 0 Å². The van der Waals surface area contributed by atoms with Gasteiger partial charge in [-0.05, 0) is 19.3 Å². The summed E-state index contributed by atoms with van der Waals surface area (Å²) in [6, 6.07) is 0.403. The van der Waals surface area contributed by atoms with Gasteiger partial charge < -0.3 is 14.8 Å². The van der Waals surface area contributed by atoms with Crippen molar-refractivity contribution in [2.24, 2.45) is 0 Å². The van der Waals surface area contributed by atoms with E-state index in [1.165, 1.54) is 6.26 Å². The number of methoxy groups -OCH3 is 1. The Labute approximate surface area is 116 Å². The van der Waals surface area contributed by atoms with Gasteiger partial charge in [0.2, 0.25) is 10.0 Å². The van der Waals surface area contributed by atoms with E-state index >= 15 is 0 Å². The summed E-state index contributed by atoms with van der Waals surface area (Å²) in [7, 11) is -1.33. The largest absolute Gasteiger partial charge is 0.385 e. The molecule has 114 valence electrons. The Kier molecular flexibility index (Phi) is 7.86. The fourth-order valence-corrected chi connectivity index (χ4v) is 3.01. The zero-order chi connectivity index (χ0) is 14.1. The van der Waals surface area contributed by atoms with E-state index < -0.39 is 10.0 Å². The third-order valence-corrected chi connectivity index (χ3v) is 4.54. The minimum atomic E-state index is -3.02. The standard InChI is InChI=1S/C12H26N2O4S/c1-17-9-3-10-18-11-6-13-12-4-7-14(8-5-12)19(2,15)16/h12-13H,3-11H2,1-2H3. The molecule has 0 aromatic rings. The van der Waals surface area contributed by atoms with Crippen LogP contribution < -0.4 is 5.32 Å². The number of nitrogens with one attached hydrogen (secondary N) is 1. The molecule has 0 aromatic heterocycles. The van der Waals surface area contributed by atoms with E-state index in [0.29, 0.717) is 25.7 Å². The van der Waals surface area contributed by atoms with Gasteiger partial charge in [-0.1, -0.05) is 0 Å². The summed E-state index contributed by atoms with van der Waals surface area (Å²) in [6.07, 6.45) is 3.94. The highest BCUT2D eigenvalue weighted by atomic mass is 32.2. The Morgan fingerprint density at radius 2 is 1.89 bits per heavy atom. The van der Waals surface area contributed by atoms with Gasteiger partial charge in [-0.3, -0.25) is 0 Å². The van der Waals surface area contributed by atoms with Crippen molar-refractivity contribution >= 4 is 10.0 Å². The van der Waals surface area contributed by atoms with Crippen LogP contribution in [0.1, 0.15) is 19.3 Å². The number of hydrogen-bond acceptors (Lipinski definition) is 5. The summed E-state index contributed by atoms with van der Waals surface area (Å²) in [6.45, 7) is 4.20. The quantitative estimate of drug-likeness (QED) is 0.609. The molecular weight excluding hydrogens is 268 g/mol. The minimum Gasteiger partial charge on any atom is -0.385 e. The predicted molar refractivity (Wildman–Crippen MR) is 74.8 cm³/mol. The first-order chi connectivity index (χ1) is 9.04. The third-order valence-electron chi connectivity index (χ3n) is 3.24. The summed E-state index contributed by atoms with van der Waals surface area (Å²) in [5.74, 6) is 0. The van der Waals surface area contributed by atoms with E-state index in [9.17, 15) is 8.42 Å². The highest BCUT2D eigenvalue weighted by Crippen LogP contribution is 2.12. The average Bonchev–Trinajstić information content (AvgIpc) is 2.37. The van der Waals surface area contributed by atoms with Gasteiger partial charge in [0.1, 0.15) is 0 Å². The number of rotatable bonds is 9. The number of sulfonamides is 1. The zero-order valence-electron chi connectivity index (χ0n) is 11.9. The molecule has 1 heterocycles. The molecule has 0 amide bonds. The van der Waals surface area contributed by atoms with Gasteiger partial charge in [-0.15, -0.1) is 0 Å². The van der Waals surface area contributed by atoms with Crippen molar-refractivity contribution in [3.05, 3.63) is 0 Å².